The van der Waals surface area contributed by atoms with Gasteiger partial charge in [-0.05, 0) is 37.1 Å². The summed E-state index contributed by atoms with van der Waals surface area (Å²) < 4.78 is 10.0. The van der Waals surface area contributed by atoms with Crippen molar-refractivity contribution in [3.05, 3.63) is 22.7 Å². The first-order valence-electron chi connectivity index (χ1n) is 4.11. The number of hydrogen-bond acceptors (Lipinski definition) is 3. The number of fused-ring (bicyclic) bond motifs is 1. The van der Waals surface area contributed by atoms with Crippen molar-refractivity contribution in [2.24, 2.45) is 0 Å². The van der Waals surface area contributed by atoms with Gasteiger partial charge in [0.15, 0.2) is 0 Å². The average molecular weight is 260 g/mol. The molecular weight excluding hydrogens is 250 g/mol. The van der Waals surface area contributed by atoms with Gasteiger partial charge in [-0.2, -0.15) is 0 Å². The van der Waals surface area contributed by atoms with Crippen LogP contribution in [0.4, 0.5) is 0 Å². The fourth-order valence-electron chi connectivity index (χ4n) is 1.15. The maximum Gasteiger partial charge on any atom is 0.135 e. The van der Waals surface area contributed by atoms with Crippen molar-refractivity contribution >= 4 is 27.9 Å². The molecule has 0 bridgehead atoms. The Bertz CT molecular complexity index is 318. The summed E-state index contributed by atoms with van der Waals surface area (Å²) in [5.74, 6) is 0.955. The van der Waals surface area contributed by atoms with E-state index in [0.717, 1.165) is 21.7 Å². The van der Waals surface area contributed by atoms with Crippen LogP contribution in [-0.4, -0.2) is 12.6 Å². The summed E-state index contributed by atoms with van der Waals surface area (Å²) in [6.45, 7) is 2.93. The number of nitrogens with one attached hydrogen (secondary N) is 1. The number of hydrogen-bond donors (Lipinski definition) is 1. The molecule has 1 atom stereocenters. The molecule has 0 saturated heterocycles. The number of halogens is 1. The lowest BCUT2D eigenvalue weighted by Crippen LogP contribution is -2.22. The van der Waals surface area contributed by atoms with Gasteiger partial charge in [0.25, 0.3) is 0 Å². The third-order valence-electron chi connectivity index (χ3n) is 1.79. The van der Waals surface area contributed by atoms with E-state index < -0.39 is 0 Å². The topological polar surface area (TPSA) is 21.3 Å². The molecular formula is C9H10BrNOS. The Kier molecular flexibility index (Phi) is 2.81. The monoisotopic (exact) mass is 259 g/mol. The van der Waals surface area contributed by atoms with Crippen LogP contribution < -0.4 is 9.46 Å². The van der Waals surface area contributed by atoms with Gasteiger partial charge >= 0.3 is 0 Å². The van der Waals surface area contributed by atoms with Gasteiger partial charge in [0.2, 0.25) is 0 Å². The minimum atomic E-state index is 0.225. The molecule has 1 unspecified atom stereocenters. The second kappa shape index (κ2) is 3.90. The summed E-state index contributed by atoms with van der Waals surface area (Å²) in [5.41, 5.74) is 0. The molecule has 2 rings (SSSR count). The lowest BCUT2D eigenvalue weighted by atomic mass is 10.3. The van der Waals surface area contributed by atoms with E-state index in [0.29, 0.717) is 0 Å². The molecule has 1 aliphatic heterocycles. The van der Waals surface area contributed by atoms with E-state index in [2.05, 4.69) is 33.6 Å². The minimum Gasteiger partial charge on any atom is -0.488 e. The van der Waals surface area contributed by atoms with Gasteiger partial charge in [-0.25, -0.2) is 0 Å². The largest absolute Gasteiger partial charge is 0.488 e. The molecule has 13 heavy (non-hydrogen) atoms. The minimum absolute atomic E-state index is 0.225. The van der Waals surface area contributed by atoms with E-state index >= 15 is 0 Å². The van der Waals surface area contributed by atoms with E-state index in [1.54, 1.807) is 11.9 Å². The number of ether oxygens (including phenoxy) is 1. The van der Waals surface area contributed by atoms with E-state index in [1.807, 2.05) is 12.1 Å². The van der Waals surface area contributed by atoms with Crippen LogP contribution >= 0.6 is 27.9 Å². The van der Waals surface area contributed by atoms with Crippen LogP contribution in [0.25, 0.3) is 0 Å². The molecule has 2 nitrogen and oxygen atoms in total. The van der Waals surface area contributed by atoms with Crippen molar-refractivity contribution in [3.8, 4) is 5.75 Å². The highest BCUT2D eigenvalue weighted by Crippen LogP contribution is 2.32. The van der Waals surface area contributed by atoms with Gasteiger partial charge in [0, 0.05) is 11.0 Å². The zero-order valence-corrected chi connectivity index (χ0v) is 9.61. The highest BCUT2D eigenvalue weighted by molar-refractivity contribution is 9.10. The Balaban J connectivity index is 2.35. The van der Waals surface area contributed by atoms with Gasteiger partial charge in [0.1, 0.15) is 11.9 Å². The fourth-order valence-corrected chi connectivity index (χ4v) is 2.31. The van der Waals surface area contributed by atoms with Gasteiger partial charge in [0.05, 0.1) is 4.90 Å². The third-order valence-corrected chi connectivity index (χ3v) is 3.15. The summed E-state index contributed by atoms with van der Waals surface area (Å²) in [6, 6.07) is 6.08. The molecule has 0 saturated carbocycles. The summed E-state index contributed by atoms with van der Waals surface area (Å²) >= 11 is 5.05. The fraction of sp³-hybridized carbons (Fsp3) is 0.333. The second-order valence-electron chi connectivity index (χ2n) is 2.97. The lowest BCUT2D eigenvalue weighted by molar-refractivity contribution is 0.224. The van der Waals surface area contributed by atoms with E-state index in [9.17, 15) is 0 Å². The van der Waals surface area contributed by atoms with Crippen molar-refractivity contribution in [3.63, 3.8) is 0 Å². The van der Waals surface area contributed by atoms with Gasteiger partial charge in [-0.3, -0.25) is 4.72 Å². The molecule has 1 aromatic rings. The van der Waals surface area contributed by atoms with Crippen LogP contribution in [0.3, 0.4) is 0 Å². The quantitative estimate of drug-likeness (QED) is 0.725. The van der Waals surface area contributed by atoms with Crippen molar-refractivity contribution in [2.45, 2.75) is 17.9 Å². The summed E-state index contributed by atoms with van der Waals surface area (Å²) in [5, 5.41) is 0. The van der Waals surface area contributed by atoms with E-state index in [1.165, 1.54) is 0 Å². The summed E-state index contributed by atoms with van der Waals surface area (Å²) in [7, 11) is 0. The molecule has 1 aliphatic rings. The first kappa shape index (κ1) is 9.37. The molecule has 0 fully saturated rings. The molecule has 0 aromatic heterocycles. The van der Waals surface area contributed by atoms with Crippen LogP contribution in [0.5, 0.6) is 5.75 Å². The molecule has 4 heteroatoms. The maximum atomic E-state index is 5.72. The van der Waals surface area contributed by atoms with Gasteiger partial charge < -0.3 is 4.74 Å². The first-order chi connectivity index (χ1) is 6.25. The maximum absolute atomic E-state index is 5.72. The first-order valence-corrected chi connectivity index (χ1v) is 5.72. The highest BCUT2D eigenvalue weighted by Gasteiger charge is 2.13. The lowest BCUT2D eigenvalue weighted by Gasteiger charge is -2.11. The Hall–Kier alpha value is -0.190. The Morgan fingerprint density at radius 3 is 3.31 bits per heavy atom. The van der Waals surface area contributed by atoms with Crippen LogP contribution in [0.15, 0.2) is 27.6 Å². The van der Waals surface area contributed by atoms with E-state index in [4.69, 9.17) is 4.74 Å². The van der Waals surface area contributed by atoms with Crippen LogP contribution in [0.1, 0.15) is 6.92 Å². The molecule has 0 amide bonds. The predicted molar refractivity (Wildman–Crippen MR) is 58.1 cm³/mol. The van der Waals surface area contributed by atoms with Crippen LogP contribution in [0.2, 0.25) is 0 Å². The zero-order chi connectivity index (χ0) is 9.26. The van der Waals surface area contributed by atoms with Gasteiger partial charge in [-0.1, -0.05) is 15.9 Å². The Morgan fingerprint density at radius 2 is 2.46 bits per heavy atom. The van der Waals surface area contributed by atoms with Crippen LogP contribution in [0, 0.1) is 0 Å². The zero-order valence-electron chi connectivity index (χ0n) is 7.21. The predicted octanol–water partition coefficient (Wildman–Crippen LogP) is 2.83. The molecule has 1 aromatic carbocycles. The summed E-state index contributed by atoms with van der Waals surface area (Å²) in [4.78, 5) is 1.15. The van der Waals surface area contributed by atoms with Crippen LogP contribution in [-0.2, 0) is 0 Å². The molecule has 70 valence electrons. The number of benzene rings is 1. The van der Waals surface area contributed by atoms with Crippen molar-refractivity contribution in [2.75, 3.05) is 6.54 Å². The molecule has 1 N–H and O–H groups in total. The molecule has 0 spiro atoms. The highest BCUT2D eigenvalue weighted by atomic mass is 79.9. The van der Waals surface area contributed by atoms with Gasteiger partial charge in [-0.15, -0.1) is 0 Å². The SMILES string of the molecule is CC1CNSc2ccc(Br)cc2O1. The van der Waals surface area contributed by atoms with Crippen molar-refractivity contribution in [1.29, 1.82) is 0 Å². The Labute approximate surface area is 90.3 Å². The molecule has 1 heterocycles. The normalized spacial score (nSPS) is 21.5. The van der Waals surface area contributed by atoms with E-state index in [-0.39, 0.29) is 6.10 Å². The average Bonchev–Trinajstić information content (AvgIpc) is 2.25. The Morgan fingerprint density at radius 1 is 1.62 bits per heavy atom. The van der Waals surface area contributed by atoms with Crippen molar-refractivity contribution < 1.29 is 4.74 Å². The standard InChI is InChI=1S/C9H10BrNOS/c1-6-5-11-13-9-3-2-7(10)4-8(9)12-6/h2-4,6,11H,5H2,1H3. The molecule has 0 aliphatic carbocycles. The second-order valence-corrected chi connectivity index (χ2v) is 4.82. The van der Waals surface area contributed by atoms with Crippen molar-refractivity contribution in [1.82, 2.24) is 4.72 Å². The molecule has 0 radical (unpaired) electrons. The smallest absolute Gasteiger partial charge is 0.135 e. The summed E-state index contributed by atoms with van der Waals surface area (Å²) in [6.07, 6.45) is 0.225. The third kappa shape index (κ3) is 2.18. The number of rotatable bonds is 0.